The summed E-state index contributed by atoms with van der Waals surface area (Å²) in [6.45, 7) is 0. The number of halogens is 4. The zero-order valence-corrected chi connectivity index (χ0v) is 12.6. The molecule has 113 valence electrons. The molecule has 7 heteroatoms. The molecule has 3 rings (SSSR count). The van der Waals surface area contributed by atoms with Gasteiger partial charge in [0, 0.05) is 17.6 Å². The van der Waals surface area contributed by atoms with E-state index in [1.54, 1.807) is 6.07 Å². The normalized spacial score (nSPS) is 17.3. The van der Waals surface area contributed by atoms with Gasteiger partial charge in [0.05, 0.1) is 16.0 Å². The van der Waals surface area contributed by atoms with Crippen LogP contribution in [0.25, 0.3) is 10.9 Å². The minimum atomic E-state index is -4.71. The minimum Gasteiger partial charge on any atom is -0.405 e. The molecule has 0 bridgehead atoms. The first-order chi connectivity index (χ1) is 9.92. The molecule has 1 aromatic carbocycles. The van der Waals surface area contributed by atoms with Gasteiger partial charge in [0.25, 0.3) is 0 Å². The Morgan fingerprint density at radius 2 is 2.10 bits per heavy atom. The fourth-order valence-corrected chi connectivity index (χ4v) is 3.02. The molecular weight excluding hydrogens is 349 g/mol. The topological polar surface area (TPSA) is 27.1 Å². The van der Waals surface area contributed by atoms with E-state index in [2.05, 4.69) is 32.2 Å². The average molecular weight is 362 g/mol. The molecule has 1 aliphatic rings. The number of benzene rings is 1. The van der Waals surface area contributed by atoms with Crippen LogP contribution in [0.1, 0.15) is 31.7 Å². The SMILES string of the molecule is FC(F)(F)Oc1cc2nn(C3[CH]CCCC3)cc2cc1Br. The van der Waals surface area contributed by atoms with Crippen molar-refractivity contribution in [2.45, 2.75) is 38.1 Å². The van der Waals surface area contributed by atoms with Crippen LogP contribution in [-0.4, -0.2) is 16.1 Å². The molecule has 0 amide bonds. The summed E-state index contributed by atoms with van der Waals surface area (Å²) in [5, 5.41) is 5.17. The van der Waals surface area contributed by atoms with E-state index in [9.17, 15) is 13.2 Å². The Hall–Kier alpha value is -1.24. The fourth-order valence-electron chi connectivity index (χ4n) is 2.58. The van der Waals surface area contributed by atoms with Gasteiger partial charge in [-0.15, -0.1) is 13.2 Å². The van der Waals surface area contributed by atoms with Crippen LogP contribution in [0.2, 0.25) is 0 Å². The summed E-state index contributed by atoms with van der Waals surface area (Å²) in [7, 11) is 0. The molecule has 2 aromatic rings. The first-order valence-electron chi connectivity index (χ1n) is 6.70. The van der Waals surface area contributed by atoms with Gasteiger partial charge in [0.2, 0.25) is 0 Å². The fraction of sp³-hybridized carbons (Fsp3) is 0.429. The summed E-state index contributed by atoms with van der Waals surface area (Å²) in [5.74, 6) is -0.270. The molecule has 1 saturated carbocycles. The number of alkyl halides is 3. The Balaban J connectivity index is 1.94. The third kappa shape index (κ3) is 3.33. The third-order valence-corrected chi connectivity index (χ3v) is 4.15. The van der Waals surface area contributed by atoms with E-state index in [1.807, 2.05) is 10.9 Å². The maximum atomic E-state index is 12.3. The molecule has 1 atom stereocenters. The van der Waals surface area contributed by atoms with Crippen molar-refractivity contribution >= 4 is 26.8 Å². The number of rotatable bonds is 2. The molecular formula is C14H13BrF3N2O. The Bertz CT molecular complexity index is 647. The Morgan fingerprint density at radius 3 is 2.76 bits per heavy atom. The number of aromatic nitrogens is 2. The molecule has 1 radical (unpaired) electrons. The van der Waals surface area contributed by atoms with Crippen molar-refractivity contribution in [2.75, 3.05) is 0 Å². The Morgan fingerprint density at radius 1 is 1.29 bits per heavy atom. The van der Waals surface area contributed by atoms with Crippen molar-refractivity contribution in [2.24, 2.45) is 0 Å². The molecule has 0 saturated heterocycles. The van der Waals surface area contributed by atoms with Crippen molar-refractivity contribution in [3.63, 3.8) is 0 Å². The largest absolute Gasteiger partial charge is 0.573 e. The first-order valence-corrected chi connectivity index (χ1v) is 7.49. The number of ether oxygens (including phenoxy) is 1. The average Bonchev–Trinajstić information content (AvgIpc) is 2.81. The maximum absolute atomic E-state index is 12.3. The molecule has 21 heavy (non-hydrogen) atoms. The smallest absolute Gasteiger partial charge is 0.405 e. The van der Waals surface area contributed by atoms with Gasteiger partial charge in [-0.3, -0.25) is 4.68 Å². The summed E-state index contributed by atoms with van der Waals surface area (Å²) >= 11 is 3.11. The predicted molar refractivity (Wildman–Crippen MR) is 75.9 cm³/mol. The van der Waals surface area contributed by atoms with E-state index < -0.39 is 6.36 Å². The van der Waals surface area contributed by atoms with Gasteiger partial charge in [-0.25, -0.2) is 0 Å². The lowest BCUT2D eigenvalue weighted by Gasteiger charge is -2.21. The van der Waals surface area contributed by atoms with E-state index >= 15 is 0 Å². The third-order valence-electron chi connectivity index (χ3n) is 3.53. The summed E-state index contributed by atoms with van der Waals surface area (Å²) in [4.78, 5) is 0. The van der Waals surface area contributed by atoms with Crippen LogP contribution in [0, 0.1) is 6.42 Å². The molecule has 1 aliphatic carbocycles. The lowest BCUT2D eigenvalue weighted by atomic mass is 9.96. The van der Waals surface area contributed by atoms with Crippen LogP contribution >= 0.6 is 15.9 Å². The van der Waals surface area contributed by atoms with Crippen molar-refractivity contribution in [3.05, 3.63) is 29.2 Å². The van der Waals surface area contributed by atoms with Gasteiger partial charge >= 0.3 is 6.36 Å². The quantitative estimate of drug-likeness (QED) is 0.750. The van der Waals surface area contributed by atoms with Crippen molar-refractivity contribution in [1.29, 1.82) is 0 Å². The van der Waals surface area contributed by atoms with Gasteiger partial charge in [0.1, 0.15) is 5.75 Å². The molecule has 0 N–H and O–H groups in total. The number of fused-ring (bicyclic) bond motifs is 1. The zero-order chi connectivity index (χ0) is 15.0. The van der Waals surface area contributed by atoms with Crippen LogP contribution in [0.3, 0.4) is 0 Å². The molecule has 1 heterocycles. The van der Waals surface area contributed by atoms with Gasteiger partial charge in [-0.05, 0) is 41.3 Å². The van der Waals surface area contributed by atoms with E-state index in [4.69, 9.17) is 0 Å². The lowest BCUT2D eigenvalue weighted by Crippen LogP contribution is -2.17. The molecule has 1 fully saturated rings. The lowest BCUT2D eigenvalue weighted by molar-refractivity contribution is -0.274. The van der Waals surface area contributed by atoms with Crippen LogP contribution in [-0.2, 0) is 0 Å². The second-order valence-corrected chi connectivity index (χ2v) is 5.94. The van der Waals surface area contributed by atoms with Crippen LogP contribution in [0.5, 0.6) is 5.75 Å². The molecule has 1 aromatic heterocycles. The zero-order valence-electron chi connectivity index (χ0n) is 11.0. The molecule has 3 nitrogen and oxygen atoms in total. The minimum absolute atomic E-state index is 0.219. The van der Waals surface area contributed by atoms with Crippen LogP contribution in [0.4, 0.5) is 13.2 Å². The van der Waals surface area contributed by atoms with Crippen LogP contribution < -0.4 is 4.74 Å². The highest BCUT2D eigenvalue weighted by Crippen LogP contribution is 2.35. The summed E-state index contributed by atoms with van der Waals surface area (Å²) in [5.41, 5.74) is 0.497. The van der Waals surface area contributed by atoms with Gasteiger partial charge in [0.15, 0.2) is 0 Å². The molecule has 0 spiro atoms. The summed E-state index contributed by atoms with van der Waals surface area (Å²) < 4.78 is 43.1. The highest BCUT2D eigenvalue weighted by atomic mass is 79.9. The first kappa shape index (κ1) is 14.7. The molecule has 0 aliphatic heterocycles. The predicted octanol–water partition coefficient (Wildman–Crippen LogP) is 5.02. The number of hydrogen-bond acceptors (Lipinski definition) is 2. The number of nitrogens with zero attached hydrogens (tertiary/aromatic N) is 2. The van der Waals surface area contributed by atoms with E-state index in [-0.39, 0.29) is 16.3 Å². The van der Waals surface area contributed by atoms with Crippen molar-refractivity contribution in [1.82, 2.24) is 9.78 Å². The van der Waals surface area contributed by atoms with Crippen molar-refractivity contribution < 1.29 is 17.9 Å². The van der Waals surface area contributed by atoms with Crippen molar-refractivity contribution in [3.8, 4) is 5.75 Å². The van der Waals surface area contributed by atoms with Gasteiger partial charge < -0.3 is 4.74 Å². The maximum Gasteiger partial charge on any atom is 0.573 e. The highest BCUT2D eigenvalue weighted by Gasteiger charge is 2.32. The standard InChI is InChI=1S/C14H13BrF3N2O/c15-11-6-9-8-20(10-4-2-1-3-5-10)19-12(9)7-13(11)21-14(16,17)18/h4,6-8,10H,1-3,5H2. The van der Waals surface area contributed by atoms with E-state index in [0.29, 0.717) is 5.52 Å². The second-order valence-electron chi connectivity index (χ2n) is 5.09. The van der Waals surface area contributed by atoms with Gasteiger partial charge in [-0.2, -0.15) is 5.10 Å². The summed E-state index contributed by atoms with van der Waals surface area (Å²) in [6.07, 6.45) is 3.75. The Labute approximate surface area is 128 Å². The summed E-state index contributed by atoms with van der Waals surface area (Å²) in [6, 6.07) is 3.13. The van der Waals surface area contributed by atoms with E-state index in [0.717, 1.165) is 24.6 Å². The van der Waals surface area contributed by atoms with E-state index in [1.165, 1.54) is 12.5 Å². The number of hydrogen-bond donors (Lipinski definition) is 0. The van der Waals surface area contributed by atoms with Gasteiger partial charge in [-0.1, -0.05) is 12.8 Å². The second kappa shape index (κ2) is 5.51. The Kier molecular flexibility index (Phi) is 3.86. The molecule has 1 unspecified atom stereocenters. The van der Waals surface area contributed by atoms with Crippen LogP contribution in [0.15, 0.2) is 22.8 Å². The highest BCUT2D eigenvalue weighted by molar-refractivity contribution is 9.10. The monoisotopic (exact) mass is 361 g/mol.